The quantitative estimate of drug-likeness (QED) is 0.151. The van der Waals surface area contributed by atoms with Crippen LogP contribution < -0.4 is 0 Å². The summed E-state index contributed by atoms with van der Waals surface area (Å²) in [6.45, 7) is 0. The molecule has 0 spiro atoms. The zero-order valence-corrected chi connectivity index (χ0v) is 47.7. The minimum Gasteiger partial charge on any atom is -0.456 e. The van der Waals surface area contributed by atoms with Crippen LogP contribution in [0.2, 0.25) is 0 Å². The van der Waals surface area contributed by atoms with E-state index in [1.165, 1.54) is 21.5 Å². The Hall–Kier alpha value is -12.1. The van der Waals surface area contributed by atoms with Crippen molar-refractivity contribution in [2.75, 3.05) is 0 Å². The van der Waals surface area contributed by atoms with Gasteiger partial charge in [0.1, 0.15) is 22.3 Å². The highest BCUT2D eigenvalue weighted by molar-refractivity contribution is 6.15. The molecule has 0 atom stereocenters. The van der Waals surface area contributed by atoms with Gasteiger partial charge in [0, 0.05) is 93.1 Å². The Morgan fingerprint density at radius 3 is 1.06 bits per heavy atom. The van der Waals surface area contributed by atoms with Gasteiger partial charge in [-0.2, -0.15) is 0 Å². The molecule has 0 radical (unpaired) electrons. The molecule has 0 aliphatic rings. The fraction of sp³-hybridized carbons (Fsp3) is 0. The van der Waals surface area contributed by atoms with Gasteiger partial charge >= 0.3 is 0 Å². The molecule has 0 aliphatic carbocycles. The van der Waals surface area contributed by atoms with Crippen molar-refractivity contribution >= 4 is 109 Å². The molecule has 19 aromatic rings. The summed E-state index contributed by atoms with van der Waals surface area (Å²) in [5.74, 6) is 1.55. The number of benzene rings is 13. The molecule has 19 rings (SSSR count). The topological polar surface area (TPSA) is 79.7 Å². The number of furan rings is 2. The maximum atomic E-state index is 6.50. The molecule has 0 unspecified atom stereocenters. The average molecular weight is 1140 g/mol. The summed E-state index contributed by atoms with van der Waals surface area (Å²) in [5, 5.41) is 11.3. The number of hydrogen-bond donors (Lipinski definition) is 0. The summed E-state index contributed by atoms with van der Waals surface area (Å²) in [6, 6.07) is 104. The molecule has 0 saturated carbocycles. The third-order valence-corrected chi connectivity index (χ3v) is 18.1. The monoisotopic (exact) mass is 1140 g/mol. The third-order valence-electron chi connectivity index (χ3n) is 18.1. The SMILES string of the molecule is c1ccc(-c2cc(-c3nc(-c4ccc5c(c4)oc4ccccc45)nc(-c4ccc5c(c4)oc4ccccc45)n3)cc(-c3ccccc3)c2-n2c3ccc(-n4c5ccccc5c5ccccc54)cc3c3ccc(-n4c5ccccc5c5ccccc54)cc32)cc1. The predicted molar refractivity (Wildman–Crippen MR) is 365 cm³/mol. The van der Waals surface area contributed by atoms with Gasteiger partial charge in [-0.25, -0.2) is 15.0 Å². The molecule has 0 saturated heterocycles. The van der Waals surface area contributed by atoms with E-state index in [4.69, 9.17) is 23.8 Å². The minimum absolute atomic E-state index is 0.516. The number of para-hydroxylation sites is 6. The van der Waals surface area contributed by atoms with Crippen molar-refractivity contribution in [1.82, 2.24) is 28.7 Å². The van der Waals surface area contributed by atoms with E-state index < -0.39 is 0 Å². The van der Waals surface area contributed by atoms with Gasteiger partial charge in [-0.05, 0) is 114 Å². The van der Waals surface area contributed by atoms with Crippen LogP contribution in [0.1, 0.15) is 0 Å². The van der Waals surface area contributed by atoms with Crippen molar-refractivity contribution in [3.63, 3.8) is 0 Å². The number of aromatic nitrogens is 6. The Kier molecular flexibility index (Phi) is 10.6. The highest BCUT2D eigenvalue weighted by atomic mass is 16.3. The van der Waals surface area contributed by atoms with E-state index in [0.29, 0.717) is 17.5 Å². The highest BCUT2D eigenvalue weighted by Gasteiger charge is 2.26. The van der Waals surface area contributed by atoms with E-state index in [1.807, 2.05) is 36.4 Å². The van der Waals surface area contributed by atoms with Gasteiger partial charge in [0.05, 0.1) is 38.8 Å². The van der Waals surface area contributed by atoms with Crippen LogP contribution in [0.25, 0.3) is 183 Å². The van der Waals surface area contributed by atoms with Crippen molar-refractivity contribution in [2.45, 2.75) is 0 Å². The van der Waals surface area contributed by atoms with E-state index in [-0.39, 0.29) is 0 Å². The molecule has 414 valence electrons. The third kappa shape index (κ3) is 7.57. The molecular weight excluding hydrogens is 1090 g/mol. The first-order valence-corrected chi connectivity index (χ1v) is 30.1. The molecule has 0 bridgehead atoms. The van der Waals surface area contributed by atoms with Crippen molar-refractivity contribution < 1.29 is 8.83 Å². The maximum absolute atomic E-state index is 6.50. The molecule has 8 nitrogen and oxygen atoms in total. The maximum Gasteiger partial charge on any atom is 0.164 e. The zero-order chi connectivity index (χ0) is 58.3. The molecule has 0 aliphatic heterocycles. The molecule has 13 aromatic carbocycles. The van der Waals surface area contributed by atoms with Crippen molar-refractivity contribution in [3.05, 3.63) is 291 Å². The molecule has 6 aromatic heterocycles. The van der Waals surface area contributed by atoms with Crippen molar-refractivity contribution in [2.24, 2.45) is 0 Å². The van der Waals surface area contributed by atoms with Crippen LogP contribution >= 0.6 is 0 Å². The van der Waals surface area contributed by atoms with Crippen LogP contribution in [-0.4, -0.2) is 28.7 Å². The number of rotatable bonds is 8. The first-order chi connectivity index (χ1) is 44.1. The van der Waals surface area contributed by atoms with Gasteiger partial charge in [0.2, 0.25) is 0 Å². The second kappa shape index (κ2) is 19.2. The molecular formula is C81H48N6O2. The number of nitrogens with zero attached hydrogens (tertiary/aromatic N) is 6. The Balaban J connectivity index is 0.902. The van der Waals surface area contributed by atoms with Crippen LogP contribution in [0.5, 0.6) is 0 Å². The van der Waals surface area contributed by atoms with E-state index in [0.717, 1.165) is 144 Å². The average Bonchev–Trinajstić information content (AvgIpc) is 1.71. The van der Waals surface area contributed by atoms with Crippen LogP contribution in [0.4, 0.5) is 0 Å². The van der Waals surface area contributed by atoms with Crippen LogP contribution in [0.3, 0.4) is 0 Å². The highest BCUT2D eigenvalue weighted by Crippen LogP contribution is 2.46. The summed E-state index contributed by atoms with van der Waals surface area (Å²) in [5.41, 5.74) is 19.6. The zero-order valence-electron chi connectivity index (χ0n) is 47.7. The second-order valence-electron chi connectivity index (χ2n) is 23.1. The molecule has 0 N–H and O–H groups in total. The normalized spacial score (nSPS) is 12.0. The molecule has 0 amide bonds. The molecule has 6 heterocycles. The molecule has 8 heteroatoms. The summed E-state index contributed by atoms with van der Waals surface area (Å²) >= 11 is 0. The standard InChI is InChI=1S/C81H48N6O2/c1-3-19-49(20-4-1)65-43-53(81-83-79(51-35-39-63-61-27-11-17-33-74(61)88-76(63)45-51)82-80(84-81)52-36-40-64-62-28-12-18-34-75(62)89-77(64)46-52)44-66(50-21-5-2-6-22-50)78(65)87-72-42-38-54(85-68-29-13-7-23-56(68)57-24-8-14-30-69(57)85)47-67(72)60-41-37-55(48-73(60)87)86-70-31-15-9-25-58(70)59-26-10-16-32-71(59)86/h1-48H. The predicted octanol–water partition coefficient (Wildman–Crippen LogP) is 21.3. The Morgan fingerprint density at radius 2 is 0.573 bits per heavy atom. The van der Waals surface area contributed by atoms with Gasteiger partial charge in [0.25, 0.3) is 0 Å². The van der Waals surface area contributed by atoms with Crippen LogP contribution in [-0.2, 0) is 0 Å². The Bertz CT molecular complexity index is 5820. The van der Waals surface area contributed by atoms with Gasteiger partial charge in [-0.15, -0.1) is 0 Å². The lowest BCUT2D eigenvalue weighted by Crippen LogP contribution is -2.04. The lowest BCUT2D eigenvalue weighted by Gasteiger charge is -2.21. The van der Waals surface area contributed by atoms with E-state index in [9.17, 15) is 0 Å². The lowest BCUT2D eigenvalue weighted by molar-refractivity contribution is 0.668. The van der Waals surface area contributed by atoms with Gasteiger partial charge in [-0.3, -0.25) is 0 Å². The van der Waals surface area contributed by atoms with Crippen LogP contribution in [0.15, 0.2) is 300 Å². The summed E-state index contributed by atoms with van der Waals surface area (Å²) in [4.78, 5) is 16.3. The minimum atomic E-state index is 0.516. The number of fused-ring (bicyclic) bond motifs is 15. The van der Waals surface area contributed by atoms with Gasteiger partial charge in [-0.1, -0.05) is 188 Å². The van der Waals surface area contributed by atoms with E-state index >= 15 is 0 Å². The summed E-state index contributed by atoms with van der Waals surface area (Å²) in [7, 11) is 0. The smallest absolute Gasteiger partial charge is 0.164 e. The summed E-state index contributed by atoms with van der Waals surface area (Å²) < 4.78 is 20.3. The molecule has 89 heavy (non-hydrogen) atoms. The van der Waals surface area contributed by atoms with Gasteiger partial charge < -0.3 is 22.5 Å². The lowest BCUT2D eigenvalue weighted by atomic mass is 9.92. The fourth-order valence-electron chi connectivity index (χ4n) is 14.1. The van der Waals surface area contributed by atoms with Gasteiger partial charge in [0.15, 0.2) is 17.5 Å². The number of hydrogen-bond acceptors (Lipinski definition) is 5. The van der Waals surface area contributed by atoms with E-state index in [2.05, 4.69) is 268 Å². The van der Waals surface area contributed by atoms with E-state index in [1.54, 1.807) is 0 Å². The van der Waals surface area contributed by atoms with Crippen LogP contribution in [0, 0.1) is 0 Å². The summed E-state index contributed by atoms with van der Waals surface area (Å²) in [6.07, 6.45) is 0. The Morgan fingerprint density at radius 1 is 0.213 bits per heavy atom. The second-order valence-corrected chi connectivity index (χ2v) is 23.1. The first-order valence-electron chi connectivity index (χ1n) is 30.1. The van der Waals surface area contributed by atoms with Crippen molar-refractivity contribution in [3.8, 4) is 73.5 Å². The molecule has 0 fully saturated rings. The largest absolute Gasteiger partial charge is 0.456 e. The fourth-order valence-corrected chi connectivity index (χ4v) is 14.1. The van der Waals surface area contributed by atoms with Crippen molar-refractivity contribution in [1.29, 1.82) is 0 Å². The first kappa shape index (κ1) is 49.2. The Labute approximate surface area is 508 Å².